The lowest BCUT2D eigenvalue weighted by Gasteiger charge is -2.41. The van der Waals surface area contributed by atoms with Crippen molar-refractivity contribution in [2.45, 2.75) is 38.6 Å². The Morgan fingerprint density at radius 3 is 2.37 bits per heavy atom. The summed E-state index contributed by atoms with van der Waals surface area (Å²) in [6.45, 7) is 6.27. The number of nitrogens with zero attached hydrogens (tertiary/aromatic N) is 6. The van der Waals surface area contributed by atoms with E-state index >= 15 is 0 Å². The summed E-state index contributed by atoms with van der Waals surface area (Å²) in [4.78, 5) is 23.1. The van der Waals surface area contributed by atoms with Gasteiger partial charge in [-0.2, -0.15) is 0 Å². The minimum Gasteiger partial charge on any atom is -0.338 e. The summed E-state index contributed by atoms with van der Waals surface area (Å²) in [6.07, 6.45) is 1.45. The average Bonchev–Trinajstić information content (AvgIpc) is 3.38. The number of piperazine rings is 1. The van der Waals surface area contributed by atoms with Crippen LogP contribution < -0.4 is 4.90 Å². The van der Waals surface area contributed by atoms with Gasteiger partial charge < -0.3 is 9.80 Å². The molecule has 0 saturated carbocycles. The van der Waals surface area contributed by atoms with Gasteiger partial charge >= 0.3 is 0 Å². The Bertz CT molecular complexity index is 1570. The number of para-hydroxylation sites is 1. The molecule has 38 heavy (non-hydrogen) atoms. The Morgan fingerprint density at radius 1 is 0.921 bits per heavy atom. The molecule has 1 saturated heterocycles. The van der Waals surface area contributed by atoms with Gasteiger partial charge in [0.05, 0.1) is 11.4 Å². The van der Waals surface area contributed by atoms with Crippen LogP contribution in [0.3, 0.4) is 0 Å². The van der Waals surface area contributed by atoms with Crippen molar-refractivity contribution in [2.75, 3.05) is 24.5 Å². The van der Waals surface area contributed by atoms with Crippen LogP contribution in [0.5, 0.6) is 0 Å². The standard InChI is InChI=1S/C31H32N6O/c1-3-25(24-14-8-5-9-15-24)30(38)36-19-18-35(21-22(36)2)31-32-27-17-11-10-16-26(27)29-34-33-28(37(29)31)20-23-12-6-4-7-13-23/h4-17,22,25H,3,18-21H2,1-2H3. The molecule has 1 aliphatic rings. The van der Waals surface area contributed by atoms with E-state index in [1.807, 2.05) is 59.5 Å². The first-order valence-electron chi connectivity index (χ1n) is 13.4. The van der Waals surface area contributed by atoms with E-state index in [-0.39, 0.29) is 17.9 Å². The van der Waals surface area contributed by atoms with Crippen LogP contribution >= 0.6 is 0 Å². The van der Waals surface area contributed by atoms with Crippen molar-refractivity contribution >= 4 is 28.4 Å². The Hall–Kier alpha value is -4.26. The molecule has 2 aromatic heterocycles. The minimum atomic E-state index is -0.119. The van der Waals surface area contributed by atoms with Crippen LogP contribution in [0.4, 0.5) is 5.95 Å². The predicted octanol–water partition coefficient (Wildman–Crippen LogP) is 5.10. The van der Waals surface area contributed by atoms with E-state index in [2.05, 4.69) is 63.7 Å². The Balaban J connectivity index is 1.33. The number of carbonyl (C=O) groups is 1. The highest BCUT2D eigenvalue weighted by Gasteiger charge is 2.33. The molecule has 3 aromatic carbocycles. The third-order valence-corrected chi connectivity index (χ3v) is 7.60. The lowest BCUT2D eigenvalue weighted by atomic mass is 9.94. The number of rotatable bonds is 6. The van der Waals surface area contributed by atoms with Crippen molar-refractivity contribution in [3.8, 4) is 0 Å². The van der Waals surface area contributed by atoms with E-state index < -0.39 is 0 Å². The third kappa shape index (κ3) is 4.38. The highest BCUT2D eigenvalue weighted by atomic mass is 16.2. The van der Waals surface area contributed by atoms with Crippen molar-refractivity contribution in [1.29, 1.82) is 0 Å². The van der Waals surface area contributed by atoms with Crippen molar-refractivity contribution in [3.63, 3.8) is 0 Å². The van der Waals surface area contributed by atoms with Crippen molar-refractivity contribution in [2.24, 2.45) is 0 Å². The number of carbonyl (C=O) groups excluding carboxylic acids is 1. The third-order valence-electron chi connectivity index (χ3n) is 7.60. The van der Waals surface area contributed by atoms with Gasteiger partial charge in [-0.05, 0) is 36.6 Å². The molecule has 5 aromatic rings. The summed E-state index contributed by atoms with van der Waals surface area (Å²) in [5, 5.41) is 10.2. The first-order chi connectivity index (χ1) is 18.6. The van der Waals surface area contributed by atoms with Crippen LogP contribution in [-0.4, -0.2) is 56.1 Å². The molecule has 0 aliphatic carbocycles. The highest BCUT2D eigenvalue weighted by molar-refractivity contribution is 5.92. The molecule has 0 N–H and O–H groups in total. The first-order valence-corrected chi connectivity index (χ1v) is 13.4. The topological polar surface area (TPSA) is 66.6 Å². The van der Waals surface area contributed by atoms with Gasteiger partial charge in [-0.15, -0.1) is 10.2 Å². The SMILES string of the molecule is CCC(C(=O)N1CCN(c2nc3ccccc3c3nnc(Cc4ccccc4)n23)CC1C)c1ccccc1. The van der Waals surface area contributed by atoms with Gasteiger partial charge in [-0.1, -0.05) is 79.7 Å². The molecule has 1 amide bonds. The molecule has 1 fully saturated rings. The zero-order chi connectivity index (χ0) is 26.1. The van der Waals surface area contributed by atoms with Crippen LogP contribution in [0.2, 0.25) is 0 Å². The second-order valence-corrected chi connectivity index (χ2v) is 10.1. The molecule has 2 unspecified atom stereocenters. The van der Waals surface area contributed by atoms with Crippen molar-refractivity contribution in [3.05, 3.63) is 102 Å². The van der Waals surface area contributed by atoms with E-state index in [4.69, 9.17) is 4.98 Å². The number of hydrogen-bond acceptors (Lipinski definition) is 5. The lowest BCUT2D eigenvalue weighted by Crippen LogP contribution is -2.55. The van der Waals surface area contributed by atoms with Crippen molar-refractivity contribution < 1.29 is 4.79 Å². The molecule has 1 aliphatic heterocycles. The van der Waals surface area contributed by atoms with E-state index in [0.717, 1.165) is 40.3 Å². The van der Waals surface area contributed by atoms with Gasteiger partial charge in [-0.25, -0.2) is 9.38 Å². The minimum absolute atomic E-state index is 0.0476. The lowest BCUT2D eigenvalue weighted by molar-refractivity contribution is -0.135. The molecule has 192 valence electrons. The molecule has 6 rings (SSSR count). The summed E-state index contributed by atoms with van der Waals surface area (Å²) in [5.74, 6) is 1.78. The van der Waals surface area contributed by atoms with Crippen molar-refractivity contribution in [1.82, 2.24) is 24.5 Å². The summed E-state index contributed by atoms with van der Waals surface area (Å²) in [7, 11) is 0. The normalized spacial score (nSPS) is 16.7. The molecule has 0 radical (unpaired) electrons. The fraction of sp³-hybridized carbons (Fsp3) is 0.290. The first kappa shape index (κ1) is 24.1. The maximum absolute atomic E-state index is 13.7. The second-order valence-electron chi connectivity index (χ2n) is 10.1. The molecule has 2 atom stereocenters. The van der Waals surface area contributed by atoms with E-state index in [1.165, 1.54) is 5.56 Å². The number of amides is 1. The highest BCUT2D eigenvalue weighted by Crippen LogP contribution is 2.29. The van der Waals surface area contributed by atoms with Gasteiger partial charge in [0.15, 0.2) is 5.65 Å². The zero-order valence-electron chi connectivity index (χ0n) is 21.9. The largest absolute Gasteiger partial charge is 0.338 e. The van der Waals surface area contributed by atoms with Gasteiger partial charge in [0.25, 0.3) is 0 Å². The fourth-order valence-electron chi connectivity index (χ4n) is 5.63. The van der Waals surface area contributed by atoms with Crippen LogP contribution in [0, 0.1) is 0 Å². The van der Waals surface area contributed by atoms with Gasteiger partial charge in [-0.3, -0.25) is 4.79 Å². The molecular formula is C31H32N6O. The Labute approximate surface area is 222 Å². The molecule has 7 nitrogen and oxygen atoms in total. The van der Waals surface area contributed by atoms with Crippen LogP contribution in [0.1, 0.15) is 43.1 Å². The van der Waals surface area contributed by atoms with E-state index in [0.29, 0.717) is 26.1 Å². The van der Waals surface area contributed by atoms with E-state index in [9.17, 15) is 4.79 Å². The Kier molecular flexibility index (Phi) is 6.50. The predicted molar refractivity (Wildman–Crippen MR) is 150 cm³/mol. The summed E-state index contributed by atoms with van der Waals surface area (Å²) in [6, 6.07) is 28.6. The van der Waals surface area contributed by atoms with Gasteiger partial charge in [0, 0.05) is 37.5 Å². The summed E-state index contributed by atoms with van der Waals surface area (Å²) < 4.78 is 2.11. The molecular weight excluding hydrogens is 472 g/mol. The van der Waals surface area contributed by atoms with E-state index in [1.54, 1.807) is 0 Å². The molecule has 7 heteroatoms. The van der Waals surface area contributed by atoms with Gasteiger partial charge in [0.2, 0.25) is 11.9 Å². The number of hydrogen-bond donors (Lipinski definition) is 0. The Morgan fingerprint density at radius 2 is 1.63 bits per heavy atom. The molecule has 0 bridgehead atoms. The fourth-order valence-corrected chi connectivity index (χ4v) is 5.63. The number of anilines is 1. The molecule has 0 spiro atoms. The van der Waals surface area contributed by atoms with Crippen LogP contribution in [-0.2, 0) is 11.2 Å². The molecule has 3 heterocycles. The second kappa shape index (κ2) is 10.2. The zero-order valence-corrected chi connectivity index (χ0v) is 21.9. The maximum Gasteiger partial charge on any atom is 0.230 e. The quantitative estimate of drug-likeness (QED) is 0.322. The summed E-state index contributed by atoms with van der Waals surface area (Å²) in [5.41, 5.74) is 3.98. The average molecular weight is 505 g/mol. The number of aromatic nitrogens is 4. The maximum atomic E-state index is 13.7. The van der Waals surface area contributed by atoms with Crippen LogP contribution in [0.25, 0.3) is 16.6 Å². The van der Waals surface area contributed by atoms with Gasteiger partial charge in [0.1, 0.15) is 5.82 Å². The monoisotopic (exact) mass is 504 g/mol. The number of fused-ring (bicyclic) bond motifs is 3. The smallest absolute Gasteiger partial charge is 0.230 e. The summed E-state index contributed by atoms with van der Waals surface area (Å²) >= 11 is 0. The van der Waals surface area contributed by atoms with Crippen LogP contribution in [0.15, 0.2) is 84.9 Å². The number of benzene rings is 3.